The maximum atomic E-state index is 12.6. The van der Waals surface area contributed by atoms with Gasteiger partial charge in [-0.15, -0.1) is 0 Å². The molecule has 0 unspecified atom stereocenters. The molecule has 3 rings (SSSR count). The smallest absolute Gasteiger partial charge is 0.317 e. The van der Waals surface area contributed by atoms with Crippen LogP contribution in [0.2, 0.25) is 0 Å². The molecule has 0 aliphatic carbocycles. The summed E-state index contributed by atoms with van der Waals surface area (Å²) in [5.41, 5.74) is 1.62. The molecule has 0 saturated heterocycles. The lowest BCUT2D eigenvalue weighted by molar-refractivity contribution is -0.137. The first-order valence-corrected chi connectivity index (χ1v) is 6.40. The second kappa shape index (κ2) is 4.81. The van der Waals surface area contributed by atoms with Crippen molar-refractivity contribution in [1.82, 2.24) is 4.57 Å². The van der Waals surface area contributed by atoms with Crippen molar-refractivity contribution in [2.45, 2.75) is 6.18 Å². The van der Waals surface area contributed by atoms with E-state index < -0.39 is 11.7 Å². The first-order valence-electron chi connectivity index (χ1n) is 6.40. The summed E-state index contributed by atoms with van der Waals surface area (Å²) in [7, 11) is 0. The molecule has 0 amide bonds. The molecule has 0 atom stereocenters. The topological polar surface area (TPSA) is 4.93 Å². The third-order valence-corrected chi connectivity index (χ3v) is 3.44. The summed E-state index contributed by atoms with van der Waals surface area (Å²) in [6.07, 6.45) is -2.45. The molecule has 0 aliphatic rings. The Hall–Kier alpha value is -2.49. The van der Waals surface area contributed by atoms with Gasteiger partial charge in [-0.2, -0.15) is 13.2 Å². The highest BCUT2D eigenvalue weighted by molar-refractivity contribution is 5.85. The van der Waals surface area contributed by atoms with E-state index in [1.165, 1.54) is 12.1 Å². The number of hydrogen-bond acceptors (Lipinski definition) is 0. The van der Waals surface area contributed by atoms with Crippen LogP contribution in [0, 0.1) is 0 Å². The Morgan fingerprint density at radius 1 is 0.905 bits per heavy atom. The van der Waals surface area contributed by atoms with Crippen molar-refractivity contribution in [1.29, 1.82) is 0 Å². The molecular formula is C17H12F3N. The van der Waals surface area contributed by atoms with Gasteiger partial charge in [0.25, 0.3) is 0 Å². The first-order chi connectivity index (χ1) is 9.97. The molecular weight excluding hydrogens is 275 g/mol. The van der Waals surface area contributed by atoms with Gasteiger partial charge in [-0.05, 0) is 35.2 Å². The average molecular weight is 287 g/mol. The predicted octanol–water partition coefficient (Wildman–Crippen LogP) is 5.18. The summed E-state index contributed by atoms with van der Waals surface area (Å²) in [5, 5.41) is 1.06. The monoisotopic (exact) mass is 287 g/mol. The van der Waals surface area contributed by atoms with E-state index in [0.717, 1.165) is 23.0 Å². The van der Waals surface area contributed by atoms with Crippen LogP contribution < -0.4 is 0 Å². The SMILES string of the molecule is C=C(c1ccc(C(F)(F)F)cc1)n1ccc2ccccc21. The number of aromatic nitrogens is 1. The second-order valence-electron chi connectivity index (χ2n) is 4.77. The molecule has 106 valence electrons. The van der Waals surface area contributed by atoms with E-state index in [4.69, 9.17) is 0 Å². The first kappa shape index (κ1) is 13.5. The lowest BCUT2D eigenvalue weighted by Gasteiger charge is -2.11. The van der Waals surface area contributed by atoms with E-state index in [9.17, 15) is 13.2 Å². The third-order valence-electron chi connectivity index (χ3n) is 3.44. The number of alkyl halides is 3. The molecule has 0 spiro atoms. The predicted molar refractivity (Wildman–Crippen MR) is 77.8 cm³/mol. The number of rotatable bonds is 2. The zero-order valence-corrected chi connectivity index (χ0v) is 11.1. The fraction of sp³-hybridized carbons (Fsp3) is 0.0588. The van der Waals surface area contributed by atoms with Crippen molar-refractivity contribution in [2.24, 2.45) is 0 Å². The molecule has 0 saturated carbocycles. The molecule has 0 N–H and O–H groups in total. The molecule has 0 bridgehead atoms. The Morgan fingerprint density at radius 2 is 1.57 bits per heavy atom. The molecule has 1 nitrogen and oxygen atoms in total. The Bertz CT molecular complexity index is 795. The Kier molecular flexibility index (Phi) is 3.09. The van der Waals surface area contributed by atoms with Gasteiger partial charge in [-0.1, -0.05) is 36.9 Å². The normalized spacial score (nSPS) is 11.8. The van der Waals surface area contributed by atoms with Crippen LogP contribution in [0.15, 0.2) is 67.4 Å². The zero-order chi connectivity index (χ0) is 15.0. The van der Waals surface area contributed by atoms with E-state index >= 15 is 0 Å². The highest BCUT2D eigenvalue weighted by atomic mass is 19.4. The Labute approximate surface area is 119 Å². The highest BCUT2D eigenvalue weighted by Gasteiger charge is 2.30. The Balaban J connectivity index is 1.99. The van der Waals surface area contributed by atoms with Crippen molar-refractivity contribution >= 4 is 16.6 Å². The van der Waals surface area contributed by atoms with Gasteiger partial charge >= 0.3 is 6.18 Å². The van der Waals surface area contributed by atoms with E-state index in [0.29, 0.717) is 11.3 Å². The molecule has 0 radical (unpaired) electrons. The van der Waals surface area contributed by atoms with Crippen molar-refractivity contribution in [3.63, 3.8) is 0 Å². The minimum atomic E-state index is -4.32. The Morgan fingerprint density at radius 3 is 2.24 bits per heavy atom. The molecule has 0 aliphatic heterocycles. The summed E-state index contributed by atoms with van der Waals surface area (Å²) in [6.45, 7) is 3.99. The minimum Gasteiger partial charge on any atom is -0.317 e. The van der Waals surface area contributed by atoms with Gasteiger partial charge in [-0.25, -0.2) is 0 Å². The minimum absolute atomic E-state index is 0.643. The maximum absolute atomic E-state index is 12.6. The lowest BCUT2D eigenvalue weighted by Crippen LogP contribution is -2.05. The third kappa shape index (κ3) is 2.44. The molecule has 2 aromatic carbocycles. The van der Waals surface area contributed by atoms with Gasteiger partial charge < -0.3 is 4.57 Å². The maximum Gasteiger partial charge on any atom is 0.416 e. The molecule has 1 heterocycles. The van der Waals surface area contributed by atoms with E-state index in [1.54, 1.807) is 0 Å². The lowest BCUT2D eigenvalue weighted by atomic mass is 10.1. The number of nitrogens with zero attached hydrogens (tertiary/aromatic N) is 1. The van der Waals surface area contributed by atoms with Gasteiger partial charge in [0, 0.05) is 11.9 Å². The van der Waals surface area contributed by atoms with Crippen molar-refractivity contribution < 1.29 is 13.2 Å². The number of halogens is 3. The fourth-order valence-corrected chi connectivity index (χ4v) is 2.31. The molecule has 3 aromatic rings. The average Bonchev–Trinajstić information content (AvgIpc) is 2.90. The van der Waals surface area contributed by atoms with Crippen LogP contribution in [0.1, 0.15) is 11.1 Å². The van der Waals surface area contributed by atoms with Crippen LogP contribution in [-0.4, -0.2) is 4.57 Å². The number of benzene rings is 2. The van der Waals surface area contributed by atoms with Gasteiger partial charge in [0.2, 0.25) is 0 Å². The number of hydrogen-bond donors (Lipinski definition) is 0. The van der Waals surface area contributed by atoms with E-state index in [2.05, 4.69) is 6.58 Å². The summed E-state index contributed by atoms with van der Waals surface area (Å²) in [5.74, 6) is 0. The largest absolute Gasteiger partial charge is 0.416 e. The van der Waals surface area contributed by atoms with Crippen molar-refractivity contribution in [2.75, 3.05) is 0 Å². The van der Waals surface area contributed by atoms with Gasteiger partial charge in [0.15, 0.2) is 0 Å². The van der Waals surface area contributed by atoms with Crippen molar-refractivity contribution in [3.05, 3.63) is 78.5 Å². The van der Waals surface area contributed by atoms with Crippen LogP contribution in [0.25, 0.3) is 16.6 Å². The second-order valence-corrected chi connectivity index (χ2v) is 4.77. The van der Waals surface area contributed by atoms with Crippen LogP contribution >= 0.6 is 0 Å². The van der Waals surface area contributed by atoms with Gasteiger partial charge in [0.1, 0.15) is 0 Å². The number of para-hydroxylation sites is 1. The summed E-state index contributed by atoms with van der Waals surface area (Å²) in [4.78, 5) is 0. The van der Waals surface area contributed by atoms with Crippen molar-refractivity contribution in [3.8, 4) is 0 Å². The summed E-state index contributed by atoms with van der Waals surface area (Å²) >= 11 is 0. The molecule has 21 heavy (non-hydrogen) atoms. The number of fused-ring (bicyclic) bond motifs is 1. The summed E-state index contributed by atoms with van der Waals surface area (Å²) in [6, 6.07) is 14.8. The fourth-order valence-electron chi connectivity index (χ4n) is 2.31. The highest BCUT2D eigenvalue weighted by Crippen LogP contribution is 2.30. The zero-order valence-electron chi connectivity index (χ0n) is 11.1. The summed E-state index contributed by atoms with van der Waals surface area (Å²) < 4.78 is 39.6. The molecule has 1 aromatic heterocycles. The van der Waals surface area contributed by atoms with Gasteiger partial charge in [0.05, 0.1) is 11.1 Å². The quantitative estimate of drug-likeness (QED) is 0.612. The van der Waals surface area contributed by atoms with E-state index in [-0.39, 0.29) is 0 Å². The van der Waals surface area contributed by atoms with Crippen LogP contribution in [0.4, 0.5) is 13.2 Å². The van der Waals surface area contributed by atoms with Crippen LogP contribution in [0.3, 0.4) is 0 Å². The molecule has 4 heteroatoms. The standard InChI is InChI=1S/C17H12F3N/c1-12(13-6-8-15(9-7-13)17(18,19)20)21-11-10-14-4-2-3-5-16(14)21/h2-11H,1H2. The van der Waals surface area contributed by atoms with Crippen LogP contribution in [0.5, 0.6) is 0 Å². The van der Waals surface area contributed by atoms with Gasteiger partial charge in [-0.3, -0.25) is 0 Å². The van der Waals surface area contributed by atoms with Crippen LogP contribution in [-0.2, 0) is 6.18 Å². The van der Waals surface area contributed by atoms with E-state index in [1.807, 2.05) is 41.1 Å². The molecule has 0 fully saturated rings.